The van der Waals surface area contributed by atoms with E-state index in [0.29, 0.717) is 17.4 Å². The molecule has 1 fully saturated rings. The van der Waals surface area contributed by atoms with Gasteiger partial charge in [-0.25, -0.2) is 0 Å². The lowest BCUT2D eigenvalue weighted by molar-refractivity contribution is -0.137. The number of hydrogen-bond donors (Lipinski definition) is 3. The number of amides is 1. The van der Waals surface area contributed by atoms with Crippen LogP contribution in [0.1, 0.15) is 23.5 Å². The van der Waals surface area contributed by atoms with E-state index in [1.54, 1.807) is 18.2 Å². The number of aromatic nitrogens is 1. The number of aromatic amines is 1. The SMILES string of the molecule is O=C1NC(CO)CC1c1ccc2cc(-c3ccccc3C(F)(F)F)[nH]c(=O)c2c1. The first-order chi connectivity index (χ1) is 13.8. The van der Waals surface area contributed by atoms with Gasteiger partial charge >= 0.3 is 6.18 Å². The van der Waals surface area contributed by atoms with Crippen molar-refractivity contribution in [2.45, 2.75) is 24.6 Å². The number of benzene rings is 2. The molecule has 150 valence electrons. The van der Waals surface area contributed by atoms with Crippen LogP contribution < -0.4 is 10.9 Å². The van der Waals surface area contributed by atoms with Crippen LogP contribution in [-0.2, 0) is 11.0 Å². The third kappa shape index (κ3) is 3.51. The van der Waals surface area contributed by atoms with Crippen molar-refractivity contribution in [2.75, 3.05) is 6.61 Å². The van der Waals surface area contributed by atoms with Gasteiger partial charge in [0.05, 0.1) is 24.1 Å². The molecular formula is C21H17F3N2O3. The zero-order valence-corrected chi connectivity index (χ0v) is 15.1. The number of alkyl halides is 3. The van der Waals surface area contributed by atoms with Crippen molar-refractivity contribution in [2.24, 2.45) is 0 Å². The molecule has 29 heavy (non-hydrogen) atoms. The van der Waals surface area contributed by atoms with Crippen molar-refractivity contribution < 1.29 is 23.1 Å². The fourth-order valence-corrected chi connectivity index (χ4v) is 3.76. The van der Waals surface area contributed by atoms with Crippen molar-refractivity contribution in [3.8, 4) is 11.3 Å². The highest BCUT2D eigenvalue weighted by Crippen LogP contribution is 2.37. The van der Waals surface area contributed by atoms with Crippen LogP contribution in [0.2, 0.25) is 0 Å². The van der Waals surface area contributed by atoms with Gasteiger partial charge < -0.3 is 15.4 Å². The summed E-state index contributed by atoms with van der Waals surface area (Å²) in [7, 11) is 0. The van der Waals surface area contributed by atoms with Gasteiger partial charge in [-0.1, -0.05) is 30.3 Å². The molecule has 2 aromatic carbocycles. The molecule has 2 unspecified atom stereocenters. The maximum atomic E-state index is 13.3. The lowest BCUT2D eigenvalue weighted by atomic mass is 9.93. The molecule has 5 nitrogen and oxygen atoms in total. The molecule has 1 aliphatic heterocycles. The lowest BCUT2D eigenvalue weighted by Gasteiger charge is -2.14. The number of carbonyl (C=O) groups is 1. The number of carbonyl (C=O) groups excluding carboxylic acids is 1. The molecule has 0 radical (unpaired) electrons. The highest BCUT2D eigenvalue weighted by molar-refractivity contribution is 5.90. The summed E-state index contributed by atoms with van der Waals surface area (Å²) in [6.07, 6.45) is -4.14. The van der Waals surface area contributed by atoms with Crippen LogP contribution in [0.15, 0.2) is 53.3 Å². The van der Waals surface area contributed by atoms with Crippen molar-refractivity contribution in [1.82, 2.24) is 10.3 Å². The van der Waals surface area contributed by atoms with Crippen LogP contribution in [0.3, 0.4) is 0 Å². The number of halogens is 3. The van der Waals surface area contributed by atoms with E-state index in [1.165, 1.54) is 24.3 Å². The minimum Gasteiger partial charge on any atom is -0.394 e. The van der Waals surface area contributed by atoms with E-state index in [9.17, 15) is 27.9 Å². The Bertz CT molecular complexity index is 1150. The van der Waals surface area contributed by atoms with Gasteiger partial charge in [0.1, 0.15) is 0 Å². The molecule has 0 saturated carbocycles. The van der Waals surface area contributed by atoms with Crippen molar-refractivity contribution in [3.63, 3.8) is 0 Å². The van der Waals surface area contributed by atoms with Crippen molar-refractivity contribution in [3.05, 3.63) is 70.0 Å². The maximum absolute atomic E-state index is 13.3. The van der Waals surface area contributed by atoms with Gasteiger partial charge in [0.25, 0.3) is 5.56 Å². The first-order valence-corrected chi connectivity index (χ1v) is 9.02. The van der Waals surface area contributed by atoms with E-state index < -0.39 is 23.2 Å². The summed E-state index contributed by atoms with van der Waals surface area (Å²) in [5.74, 6) is -0.711. The van der Waals surface area contributed by atoms with Crippen LogP contribution in [0, 0.1) is 0 Å². The minimum atomic E-state index is -4.55. The number of aliphatic hydroxyl groups is 1. The van der Waals surface area contributed by atoms with E-state index >= 15 is 0 Å². The van der Waals surface area contributed by atoms with E-state index in [-0.39, 0.29) is 35.2 Å². The molecule has 1 aliphatic rings. The smallest absolute Gasteiger partial charge is 0.394 e. The summed E-state index contributed by atoms with van der Waals surface area (Å²) in [6.45, 7) is -0.168. The number of H-pyrrole nitrogens is 1. The average molecular weight is 402 g/mol. The molecule has 4 rings (SSSR count). The highest BCUT2D eigenvalue weighted by atomic mass is 19.4. The number of nitrogens with one attached hydrogen (secondary N) is 2. The van der Waals surface area contributed by atoms with Crippen LogP contribution in [0.4, 0.5) is 13.2 Å². The Kier molecular flexibility index (Phi) is 4.66. The topological polar surface area (TPSA) is 82.2 Å². The lowest BCUT2D eigenvalue weighted by Crippen LogP contribution is -2.28. The Labute approximate surface area is 163 Å². The molecule has 3 aromatic rings. The van der Waals surface area contributed by atoms with Gasteiger partial charge in [0, 0.05) is 16.6 Å². The quantitative estimate of drug-likeness (QED) is 0.629. The Balaban J connectivity index is 1.79. The maximum Gasteiger partial charge on any atom is 0.417 e. The average Bonchev–Trinajstić information content (AvgIpc) is 3.08. The molecule has 1 aromatic heterocycles. The molecule has 2 atom stereocenters. The second kappa shape index (κ2) is 7.04. The van der Waals surface area contributed by atoms with Crippen LogP contribution in [0.25, 0.3) is 22.0 Å². The zero-order chi connectivity index (χ0) is 20.8. The van der Waals surface area contributed by atoms with Gasteiger partial charge in [-0.2, -0.15) is 13.2 Å². The first-order valence-electron chi connectivity index (χ1n) is 9.02. The Morgan fingerprint density at radius 1 is 1.07 bits per heavy atom. The summed E-state index contributed by atoms with van der Waals surface area (Å²) >= 11 is 0. The molecule has 0 aliphatic carbocycles. The Morgan fingerprint density at radius 3 is 2.52 bits per heavy atom. The largest absolute Gasteiger partial charge is 0.417 e. The Morgan fingerprint density at radius 2 is 1.83 bits per heavy atom. The molecule has 0 bridgehead atoms. The van der Waals surface area contributed by atoms with E-state index in [4.69, 9.17) is 0 Å². The van der Waals surface area contributed by atoms with E-state index in [0.717, 1.165) is 6.07 Å². The molecule has 8 heteroatoms. The predicted octanol–water partition coefficient (Wildman–Crippen LogP) is 3.18. The summed E-state index contributed by atoms with van der Waals surface area (Å²) in [5.41, 5.74) is -0.774. The van der Waals surface area contributed by atoms with Crippen LogP contribution >= 0.6 is 0 Å². The number of aliphatic hydroxyl groups excluding tert-OH is 1. The highest BCUT2D eigenvalue weighted by Gasteiger charge is 2.34. The summed E-state index contributed by atoms with van der Waals surface area (Å²) < 4.78 is 40.0. The molecule has 3 N–H and O–H groups in total. The second-order valence-corrected chi connectivity index (χ2v) is 7.08. The van der Waals surface area contributed by atoms with Gasteiger partial charge in [-0.3, -0.25) is 9.59 Å². The molecule has 2 heterocycles. The van der Waals surface area contributed by atoms with Gasteiger partial charge in [-0.15, -0.1) is 0 Å². The van der Waals surface area contributed by atoms with Gasteiger partial charge in [-0.05, 0) is 35.6 Å². The fraction of sp³-hybridized carbons (Fsp3) is 0.238. The Hall–Kier alpha value is -3.13. The van der Waals surface area contributed by atoms with E-state index in [1.807, 2.05) is 0 Å². The van der Waals surface area contributed by atoms with Gasteiger partial charge in [0.2, 0.25) is 5.91 Å². The monoisotopic (exact) mass is 402 g/mol. The molecule has 0 spiro atoms. The van der Waals surface area contributed by atoms with Gasteiger partial charge in [0.15, 0.2) is 0 Å². The number of hydrogen-bond acceptors (Lipinski definition) is 3. The molecule has 1 amide bonds. The summed E-state index contributed by atoms with van der Waals surface area (Å²) in [4.78, 5) is 27.3. The third-order valence-corrected chi connectivity index (χ3v) is 5.20. The molecule has 1 saturated heterocycles. The predicted molar refractivity (Wildman–Crippen MR) is 101 cm³/mol. The van der Waals surface area contributed by atoms with Crippen LogP contribution in [0.5, 0.6) is 0 Å². The van der Waals surface area contributed by atoms with Crippen molar-refractivity contribution >= 4 is 16.7 Å². The summed E-state index contributed by atoms with van der Waals surface area (Å²) in [5, 5.41) is 12.7. The first kappa shape index (κ1) is 19.2. The number of rotatable bonds is 3. The second-order valence-electron chi connectivity index (χ2n) is 7.08. The van der Waals surface area contributed by atoms with E-state index in [2.05, 4.69) is 10.3 Å². The third-order valence-electron chi connectivity index (χ3n) is 5.20. The van der Waals surface area contributed by atoms with Crippen molar-refractivity contribution in [1.29, 1.82) is 0 Å². The fourth-order valence-electron chi connectivity index (χ4n) is 3.76. The van der Waals surface area contributed by atoms with Crippen LogP contribution in [-0.4, -0.2) is 28.6 Å². The molecular weight excluding hydrogens is 385 g/mol. The number of pyridine rings is 1. The standard InChI is InChI=1S/C21H17F3N2O3/c22-21(23,24)17-4-2-1-3-14(17)18-8-12-6-5-11(7-15(12)20(29)26-18)16-9-13(10-27)25-19(16)28/h1-8,13,16,27H,9-10H2,(H,25,28)(H,26,29). The summed E-state index contributed by atoms with van der Waals surface area (Å²) in [6, 6.07) is 11.1. The number of fused-ring (bicyclic) bond motifs is 1. The minimum absolute atomic E-state index is 0.0714. The zero-order valence-electron chi connectivity index (χ0n) is 15.1. The normalized spacial score (nSPS) is 19.5.